The zero-order valence-electron chi connectivity index (χ0n) is 23.5. The van der Waals surface area contributed by atoms with Crippen molar-refractivity contribution in [2.24, 2.45) is 0 Å². The van der Waals surface area contributed by atoms with Crippen molar-refractivity contribution >= 4 is 11.6 Å². The number of nitrogens with one attached hydrogen (secondary N) is 1. The molecule has 2 atom stereocenters. The third kappa shape index (κ3) is 13.9. The first-order valence-electron chi connectivity index (χ1n) is 14.1. The summed E-state index contributed by atoms with van der Waals surface area (Å²) in [5.41, 5.74) is 5.22. The Bertz CT molecular complexity index is 1060. The van der Waals surface area contributed by atoms with Gasteiger partial charge in [0.1, 0.15) is 0 Å². The van der Waals surface area contributed by atoms with E-state index in [-0.39, 0.29) is 6.10 Å². The number of hydrogen-bond donors (Lipinski definition) is 2. The molecule has 0 aliphatic carbocycles. The zero-order valence-corrected chi connectivity index (χ0v) is 24.3. The first-order chi connectivity index (χ1) is 19.7. The fraction of sp³-hybridized carbons (Fsp3) is 0.314. The van der Waals surface area contributed by atoms with Gasteiger partial charge in [-0.05, 0) is 28.7 Å². The van der Waals surface area contributed by atoms with Crippen molar-refractivity contribution in [1.29, 1.82) is 0 Å². The van der Waals surface area contributed by atoms with Crippen LogP contribution in [0.1, 0.15) is 35.6 Å². The summed E-state index contributed by atoms with van der Waals surface area (Å²) in [6, 6.07) is 41.8. The third-order valence-electron chi connectivity index (χ3n) is 6.36. The maximum atomic E-state index is 9.94. The van der Waals surface area contributed by atoms with Crippen LogP contribution in [0.3, 0.4) is 0 Å². The van der Waals surface area contributed by atoms with Gasteiger partial charge in [0.05, 0.1) is 24.7 Å². The predicted octanol–water partition coefficient (Wildman–Crippen LogP) is 7.06. The molecule has 5 rings (SSSR count). The van der Waals surface area contributed by atoms with E-state index >= 15 is 0 Å². The topological polar surface area (TPSA) is 48.0 Å². The molecule has 40 heavy (non-hydrogen) atoms. The second kappa shape index (κ2) is 19.1. The molecule has 0 saturated carbocycles. The van der Waals surface area contributed by atoms with E-state index in [2.05, 4.69) is 107 Å². The van der Waals surface area contributed by atoms with Crippen molar-refractivity contribution in [2.75, 3.05) is 19.0 Å². The highest BCUT2D eigenvalue weighted by Crippen LogP contribution is 2.11. The minimum Gasteiger partial charge on any atom is -0.392 e. The highest BCUT2D eigenvalue weighted by atomic mass is 35.5. The van der Waals surface area contributed by atoms with Gasteiger partial charge >= 0.3 is 0 Å². The Hall–Kier alpha value is -2.99. The van der Waals surface area contributed by atoms with Crippen LogP contribution in [0.25, 0.3) is 0 Å². The summed E-state index contributed by atoms with van der Waals surface area (Å²) in [5.74, 6) is 0.667. The molecule has 212 valence electrons. The highest BCUT2D eigenvalue weighted by molar-refractivity contribution is 6.18. The summed E-state index contributed by atoms with van der Waals surface area (Å²) < 4.78 is 4.73. The Labute approximate surface area is 245 Å². The number of benzene rings is 4. The molecule has 0 unspecified atom stereocenters. The lowest BCUT2D eigenvalue weighted by Crippen LogP contribution is -2.31. The van der Waals surface area contributed by atoms with E-state index < -0.39 is 0 Å². The minimum atomic E-state index is -0.262. The number of hydrogen-bond acceptors (Lipinski definition) is 4. The summed E-state index contributed by atoms with van der Waals surface area (Å²) in [6.45, 7) is 7.20. The largest absolute Gasteiger partial charge is 0.392 e. The van der Waals surface area contributed by atoms with Crippen LogP contribution < -0.4 is 5.32 Å². The van der Waals surface area contributed by atoms with E-state index in [1.807, 2.05) is 31.2 Å². The molecule has 1 fully saturated rings. The quantitative estimate of drug-likeness (QED) is 0.144. The molecule has 4 aromatic carbocycles. The van der Waals surface area contributed by atoms with Crippen molar-refractivity contribution < 1.29 is 9.84 Å². The van der Waals surface area contributed by atoms with Gasteiger partial charge in [0.2, 0.25) is 0 Å². The molecular formula is C35H43ClN2O2. The van der Waals surface area contributed by atoms with Crippen molar-refractivity contribution in [2.45, 2.75) is 51.7 Å². The average molecular weight is 559 g/mol. The van der Waals surface area contributed by atoms with Gasteiger partial charge in [-0.3, -0.25) is 4.90 Å². The molecule has 0 spiro atoms. The van der Waals surface area contributed by atoms with Crippen molar-refractivity contribution in [3.63, 3.8) is 0 Å². The molecule has 1 aliphatic rings. The summed E-state index contributed by atoms with van der Waals surface area (Å²) in [4.78, 5) is 2.30. The molecule has 4 nitrogen and oxygen atoms in total. The molecule has 5 heteroatoms. The molecule has 4 aromatic rings. The van der Waals surface area contributed by atoms with Gasteiger partial charge in [-0.15, -0.1) is 11.6 Å². The maximum Gasteiger partial charge on any atom is 0.0944 e. The second-order valence-corrected chi connectivity index (χ2v) is 10.2. The molecule has 1 heterocycles. The highest BCUT2D eigenvalue weighted by Gasteiger charge is 2.19. The second-order valence-electron chi connectivity index (χ2n) is 9.89. The lowest BCUT2D eigenvalue weighted by atomic mass is 10.1. The Morgan fingerprint density at radius 2 is 1.10 bits per heavy atom. The number of aliphatic hydroxyl groups is 1. The monoisotopic (exact) mass is 558 g/mol. The van der Waals surface area contributed by atoms with Crippen LogP contribution in [0.15, 0.2) is 121 Å². The van der Waals surface area contributed by atoms with Gasteiger partial charge in [0.25, 0.3) is 0 Å². The van der Waals surface area contributed by atoms with E-state index in [0.29, 0.717) is 18.5 Å². The van der Waals surface area contributed by atoms with E-state index in [1.54, 1.807) is 0 Å². The van der Waals surface area contributed by atoms with Crippen LogP contribution in [0.4, 0.5) is 0 Å². The Kier molecular flexibility index (Phi) is 15.1. The number of aliphatic hydroxyl groups excluding tert-OH is 1. The Morgan fingerprint density at radius 1 is 0.725 bits per heavy atom. The predicted molar refractivity (Wildman–Crippen MR) is 167 cm³/mol. The summed E-state index contributed by atoms with van der Waals surface area (Å²) >= 11 is 5.27. The standard InChI is InChI=1S/C18H23NO.C14H15N.C3H5ClO/c1-2-18(20)15-19(13-16-9-5-3-6-10-16)14-17-11-7-4-8-12-17;1-3-7-13(8-4-1)11-15-12-14-9-5-2-6-10-14;4-1-3-2-5-3/h3-12,18,20H,2,13-15H2,1H3;1-10,15H,11-12H2;3H,1-2H2/t18-;;3-/m1.1/s1. The summed E-state index contributed by atoms with van der Waals surface area (Å²) in [6.07, 6.45) is 0.930. The average Bonchev–Trinajstić information content (AvgIpc) is 3.85. The van der Waals surface area contributed by atoms with Crippen LogP contribution in [0.2, 0.25) is 0 Å². The van der Waals surface area contributed by atoms with Gasteiger partial charge in [0, 0.05) is 32.7 Å². The number of halogens is 1. The van der Waals surface area contributed by atoms with E-state index in [4.69, 9.17) is 16.3 Å². The number of rotatable bonds is 12. The van der Waals surface area contributed by atoms with Crippen LogP contribution in [0, 0.1) is 0 Å². The minimum absolute atomic E-state index is 0.262. The number of ether oxygens (including phenoxy) is 1. The fourth-order valence-corrected chi connectivity index (χ4v) is 4.17. The molecule has 0 radical (unpaired) electrons. The van der Waals surface area contributed by atoms with Gasteiger partial charge < -0.3 is 15.2 Å². The molecule has 1 saturated heterocycles. The van der Waals surface area contributed by atoms with Crippen molar-refractivity contribution in [3.8, 4) is 0 Å². The Balaban J connectivity index is 0.000000192. The fourth-order valence-electron chi connectivity index (χ4n) is 4.00. The molecule has 0 amide bonds. The van der Waals surface area contributed by atoms with Crippen molar-refractivity contribution in [3.05, 3.63) is 144 Å². The molecule has 2 N–H and O–H groups in total. The third-order valence-corrected chi connectivity index (χ3v) is 6.70. The van der Waals surface area contributed by atoms with Crippen molar-refractivity contribution in [1.82, 2.24) is 10.2 Å². The number of nitrogens with zero attached hydrogens (tertiary/aromatic N) is 1. The van der Waals surface area contributed by atoms with E-state index in [9.17, 15) is 5.11 Å². The molecule has 0 bridgehead atoms. The lowest BCUT2D eigenvalue weighted by Gasteiger charge is -2.25. The molecule has 0 aromatic heterocycles. The van der Waals surface area contributed by atoms with Crippen LogP contribution in [-0.2, 0) is 30.9 Å². The van der Waals surface area contributed by atoms with Gasteiger partial charge in [-0.25, -0.2) is 0 Å². The maximum absolute atomic E-state index is 9.94. The molecular weight excluding hydrogens is 516 g/mol. The number of alkyl halides is 1. The first kappa shape index (κ1) is 31.5. The van der Waals surface area contributed by atoms with Crippen LogP contribution >= 0.6 is 11.6 Å². The van der Waals surface area contributed by atoms with Crippen LogP contribution in [-0.4, -0.2) is 41.2 Å². The van der Waals surface area contributed by atoms with E-state index in [0.717, 1.165) is 39.2 Å². The van der Waals surface area contributed by atoms with Gasteiger partial charge in [-0.1, -0.05) is 128 Å². The van der Waals surface area contributed by atoms with Crippen LogP contribution in [0.5, 0.6) is 0 Å². The van der Waals surface area contributed by atoms with E-state index in [1.165, 1.54) is 22.3 Å². The zero-order chi connectivity index (χ0) is 28.3. The normalized spacial score (nSPS) is 14.3. The van der Waals surface area contributed by atoms with Gasteiger partial charge in [-0.2, -0.15) is 0 Å². The Morgan fingerprint density at radius 3 is 1.40 bits per heavy atom. The summed E-state index contributed by atoms with van der Waals surface area (Å²) in [5, 5.41) is 13.4. The SMILES string of the molecule is CC[C@@H](O)CN(Cc1ccccc1)Cc1ccccc1.ClC[C@@H]1CO1.c1ccc(CNCc2ccccc2)cc1. The van der Waals surface area contributed by atoms with Gasteiger partial charge in [0.15, 0.2) is 0 Å². The lowest BCUT2D eigenvalue weighted by molar-refractivity contribution is 0.101. The number of epoxide rings is 1. The summed E-state index contributed by atoms with van der Waals surface area (Å²) in [7, 11) is 0. The smallest absolute Gasteiger partial charge is 0.0944 e. The first-order valence-corrected chi connectivity index (χ1v) is 14.6. The molecule has 1 aliphatic heterocycles.